The topological polar surface area (TPSA) is 100 Å². The molecule has 2 atom stereocenters. The minimum atomic E-state index is -0.560. The maximum absolute atomic E-state index is 12.7. The van der Waals surface area contributed by atoms with Crippen LogP contribution < -0.4 is 16.4 Å². The predicted molar refractivity (Wildman–Crippen MR) is 123 cm³/mol. The summed E-state index contributed by atoms with van der Waals surface area (Å²) in [6.45, 7) is 1.62. The van der Waals surface area contributed by atoms with Crippen molar-refractivity contribution < 1.29 is 9.21 Å². The number of hydrogen-bond donors (Lipinski definition) is 2. The molecule has 2 aromatic carbocycles. The van der Waals surface area contributed by atoms with Crippen LogP contribution in [0.5, 0.6) is 0 Å². The molecule has 2 heterocycles. The van der Waals surface area contributed by atoms with Crippen molar-refractivity contribution in [1.82, 2.24) is 15.2 Å². The van der Waals surface area contributed by atoms with Crippen LogP contribution in [0, 0.1) is 17.2 Å². The molecule has 1 amide bonds. The quantitative estimate of drug-likeness (QED) is 0.645. The summed E-state index contributed by atoms with van der Waals surface area (Å²) in [7, 11) is 1.68. The van der Waals surface area contributed by atoms with Gasteiger partial charge in [0, 0.05) is 20.0 Å². The first-order chi connectivity index (χ1) is 15.5. The van der Waals surface area contributed by atoms with E-state index in [1.807, 2.05) is 36.4 Å². The molecule has 0 spiro atoms. The van der Waals surface area contributed by atoms with Crippen molar-refractivity contribution in [2.45, 2.75) is 38.1 Å². The number of carbonyl (C=O) groups is 1. The second-order valence-corrected chi connectivity index (χ2v) is 8.45. The molecular weight excluding hydrogens is 404 g/mol. The van der Waals surface area contributed by atoms with E-state index in [9.17, 15) is 14.9 Å². The van der Waals surface area contributed by atoms with Crippen molar-refractivity contribution in [2.24, 2.45) is 13.0 Å². The van der Waals surface area contributed by atoms with E-state index in [-0.39, 0.29) is 17.6 Å². The van der Waals surface area contributed by atoms with Crippen molar-refractivity contribution in [3.8, 4) is 17.2 Å². The molecule has 1 aromatic heterocycles. The van der Waals surface area contributed by atoms with Gasteiger partial charge in [0.25, 0.3) is 0 Å². The lowest BCUT2D eigenvalue weighted by molar-refractivity contribution is -0.125. The summed E-state index contributed by atoms with van der Waals surface area (Å²) in [6, 6.07) is 15.2. The predicted octanol–water partition coefficient (Wildman–Crippen LogP) is 3.13. The Morgan fingerprint density at radius 1 is 1.22 bits per heavy atom. The highest BCUT2D eigenvalue weighted by atomic mass is 16.4. The van der Waals surface area contributed by atoms with Gasteiger partial charge in [0.2, 0.25) is 5.91 Å². The minimum Gasteiger partial charge on any atom is -0.408 e. The average molecular weight is 433 g/mol. The molecule has 0 aliphatic carbocycles. The monoisotopic (exact) mass is 432 g/mol. The zero-order valence-electron chi connectivity index (χ0n) is 18.3. The number of aryl methyl sites for hydroxylation is 1. The van der Waals surface area contributed by atoms with Gasteiger partial charge in [-0.25, -0.2) is 4.79 Å². The Labute approximate surface area is 187 Å². The highest BCUT2D eigenvalue weighted by Gasteiger charge is 2.22. The standard InChI is InChI=1S/C25H28N4O3/c1-29-22-14-19(10-11-23(22)32-25(29)31)18-8-6-17(7-9-18)13-21(15-26)28-24(30)20-5-3-2-4-12-27-16-20/h6-11,14,20-21,27H,2-5,12-13,16H2,1H3,(H,28,30)/t20?,21-/m1/s1. The van der Waals surface area contributed by atoms with Gasteiger partial charge in [0.05, 0.1) is 17.5 Å². The molecule has 7 heteroatoms. The number of amides is 1. The van der Waals surface area contributed by atoms with Crippen LogP contribution >= 0.6 is 0 Å². The first-order valence-electron chi connectivity index (χ1n) is 11.1. The molecule has 0 bridgehead atoms. The first kappa shape index (κ1) is 21.8. The third kappa shape index (κ3) is 4.92. The van der Waals surface area contributed by atoms with Crippen molar-refractivity contribution >= 4 is 17.0 Å². The van der Waals surface area contributed by atoms with Crippen LogP contribution in [0.4, 0.5) is 0 Å². The van der Waals surface area contributed by atoms with Crippen LogP contribution in [-0.4, -0.2) is 29.6 Å². The van der Waals surface area contributed by atoms with E-state index >= 15 is 0 Å². The largest absolute Gasteiger partial charge is 0.419 e. The number of aromatic nitrogens is 1. The summed E-state index contributed by atoms with van der Waals surface area (Å²) in [6.07, 6.45) is 4.65. The molecule has 1 unspecified atom stereocenters. The molecule has 0 radical (unpaired) electrons. The molecule has 7 nitrogen and oxygen atoms in total. The van der Waals surface area contributed by atoms with E-state index < -0.39 is 6.04 Å². The average Bonchev–Trinajstić information content (AvgIpc) is 3.06. The molecule has 1 fully saturated rings. The maximum Gasteiger partial charge on any atom is 0.419 e. The van der Waals surface area contributed by atoms with Crippen molar-refractivity contribution in [3.63, 3.8) is 0 Å². The number of hydrogen-bond acceptors (Lipinski definition) is 5. The van der Waals surface area contributed by atoms with Crippen LogP contribution in [0.1, 0.15) is 31.2 Å². The van der Waals surface area contributed by atoms with Crippen LogP contribution in [0.25, 0.3) is 22.2 Å². The van der Waals surface area contributed by atoms with Gasteiger partial charge in [-0.1, -0.05) is 43.2 Å². The summed E-state index contributed by atoms with van der Waals surface area (Å²) >= 11 is 0. The Morgan fingerprint density at radius 2 is 2.00 bits per heavy atom. The van der Waals surface area contributed by atoms with Gasteiger partial charge in [0.1, 0.15) is 6.04 Å². The Kier molecular flexibility index (Phi) is 6.72. The van der Waals surface area contributed by atoms with Gasteiger partial charge in [-0.3, -0.25) is 9.36 Å². The molecule has 1 saturated heterocycles. The molecule has 4 rings (SSSR count). The lowest BCUT2D eigenvalue weighted by Crippen LogP contribution is -2.43. The zero-order valence-corrected chi connectivity index (χ0v) is 18.3. The third-order valence-corrected chi connectivity index (χ3v) is 6.16. The van der Waals surface area contributed by atoms with E-state index in [1.54, 1.807) is 13.1 Å². The van der Waals surface area contributed by atoms with Crippen LogP contribution in [-0.2, 0) is 18.3 Å². The molecule has 166 valence electrons. The first-order valence-corrected chi connectivity index (χ1v) is 11.1. The number of nitriles is 1. The van der Waals surface area contributed by atoms with Crippen molar-refractivity contribution in [2.75, 3.05) is 13.1 Å². The van der Waals surface area contributed by atoms with E-state index in [0.717, 1.165) is 54.4 Å². The Hall–Kier alpha value is -3.37. The SMILES string of the molecule is Cn1c(=O)oc2ccc(-c3ccc(C[C@H](C#N)NC(=O)C4CCCCCNC4)cc3)cc21. The summed E-state index contributed by atoms with van der Waals surface area (Å²) in [5.74, 6) is -0.504. The van der Waals surface area contributed by atoms with Crippen LogP contribution in [0.15, 0.2) is 51.7 Å². The van der Waals surface area contributed by atoms with Gasteiger partial charge < -0.3 is 15.1 Å². The Morgan fingerprint density at radius 3 is 2.78 bits per heavy atom. The van der Waals surface area contributed by atoms with Gasteiger partial charge in [-0.05, 0) is 48.2 Å². The number of nitrogens with one attached hydrogen (secondary N) is 2. The number of nitrogens with zero attached hydrogens (tertiary/aromatic N) is 2. The number of oxazole rings is 1. The fraction of sp³-hybridized carbons (Fsp3) is 0.400. The molecular formula is C25H28N4O3. The fourth-order valence-electron chi connectivity index (χ4n) is 4.21. The van der Waals surface area contributed by atoms with Crippen LogP contribution in [0.3, 0.4) is 0 Å². The third-order valence-electron chi connectivity index (χ3n) is 6.16. The second kappa shape index (κ2) is 9.84. The van der Waals surface area contributed by atoms with Crippen LogP contribution in [0.2, 0.25) is 0 Å². The Balaban J connectivity index is 1.42. The van der Waals surface area contributed by atoms with E-state index in [1.165, 1.54) is 4.57 Å². The van der Waals surface area contributed by atoms with Gasteiger partial charge >= 0.3 is 5.76 Å². The maximum atomic E-state index is 12.7. The highest BCUT2D eigenvalue weighted by Crippen LogP contribution is 2.24. The number of fused-ring (bicyclic) bond motifs is 1. The molecule has 0 saturated carbocycles. The summed E-state index contributed by atoms with van der Waals surface area (Å²) in [4.78, 5) is 24.4. The summed E-state index contributed by atoms with van der Waals surface area (Å²) < 4.78 is 6.68. The zero-order chi connectivity index (χ0) is 22.5. The molecule has 3 aromatic rings. The van der Waals surface area contributed by atoms with Gasteiger partial charge in [-0.15, -0.1) is 0 Å². The van der Waals surface area contributed by atoms with Gasteiger partial charge in [0.15, 0.2) is 5.58 Å². The number of rotatable bonds is 5. The molecule has 1 aliphatic rings. The van der Waals surface area contributed by atoms with Crippen molar-refractivity contribution in [1.29, 1.82) is 5.26 Å². The van der Waals surface area contributed by atoms with E-state index in [4.69, 9.17) is 4.42 Å². The summed E-state index contributed by atoms with van der Waals surface area (Å²) in [5, 5.41) is 15.8. The highest BCUT2D eigenvalue weighted by molar-refractivity contribution is 5.81. The van der Waals surface area contributed by atoms with Crippen molar-refractivity contribution in [3.05, 3.63) is 58.6 Å². The van der Waals surface area contributed by atoms with Gasteiger partial charge in [-0.2, -0.15) is 5.26 Å². The molecule has 1 aliphatic heterocycles. The number of carbonyl (C=O) groups excluding carboxylic acids is 1. The Bertz CT molecular complexity index is 1180. The minimum absolute atomic E-state index is 0.0402. The normalized spacial score (nSPS) is 17.8. The molecule has 32 heavy (non-hydrogen) atoms. The summed E-state index contributed by atoms with van der Waals surface area (Å²) in [5.41, 5.74) is 4.26. The lowest BCUT2D eigenvalue weighted by Gasteiger charge is -2.21. The van der Waals surface area contributed by atoms with E-state index in [0.29, 0.717) is 18.5 Å². The molecule has 2 N–H and O–H groups in total. The lowest BCUT2D eigenvalue weighted by atomic mass is 9.97. The van der Waals surface area contributed by atoms with E-state index in [2.05, 4.69) is 16.7 Å². The second-order valence-electron chi connectivity index (χ2n) is 8.45. The smallest absolute Gasteiger partial charge is 0.408 e. The fourth-order valence-corrected chi connectivity index (χ4v) is 4.21. The number of benzene rings is 2.